The van der Waals surface area contributed by atoms with Gasteiger partial charge in [-0.15, -0.1) is 0 Å². The molecule has 0 fully saturated rings. The monoisotopic (exact) mass is 277 g/mol. The predicted octanol–water partition coefficient (Wildman–Crippen LogP) is 1.38. The molecule has 1 aromatic carbocycles. The Morgan fingerprint density at radius 3 is 2.50 bits per heavy atom. The minimum absolute atomic E-state index is 0.00473. The first-order valence-corrected chi connectivity index (χ1v) is 5.76. The van der Waals surface area contributed by atoms with E-state index < -0.39 is 5.97 Å². The average molecular weight is 277 g/mol. The molecular formula is C13H15N3O4. The van der Waals surface area contributed by atoms with Gasteiger partial charge in [0, 0.05) is 12.6 Å². The van der Waals surface area contributed by atoms with Crippen molar-refractivity contribution in [3.8, 4) is 22.6 Å². The molecule has 0 spiro atoms. The van der Waals surface area contributed by atoms with Crippen molar-refractivity contribution in [2.45, 2.75) is 0 Å². The Bertz CT molecular complexity index is 664. The van der Waals surface area contributed by atoms with Gasteiger partial charge in [-0.2, -0.15) is 5.10 Å². The van der Waals surface area contributed by atoms with E-state index >= 15 is 0 Å². The average Bonchev–Trinajstić information content (AvgIpc) is 2.77. The number of hydrogen-bond acceptors (Lipinski definition) is 5. The summed E-state index contributed by atoms with van der Waals surface area (Å²) in [4.78, 5) is 11.3. The topological polar surface area (TPSA) is 99.6 Å². The maximum atomic E-state index is 11.3. The molecule has 1 heterocycles. The summed E-state index contributed by atoms with van der Waals surface area (Å²) in [6.45, 7) is 0. The number of hydrogen-bond donors (Lipinski definition) is 2. The summed E-state index contributed by atoms with van der Waals surface area (Å²) in [6.07, 6.45) is 1.57. The number of methoxy groups -OCH3 is 2. The third kappa shape index (κ3) is 2.13. The van der Waals surface area contributed by atoms with Gasteiger partial charge in [-0.1, -0.05) is 0 Å². The van der Waals surface area contributed by atoms with Crippen LogP contribution in [-0.4, -0.2) is 35.1 Å². The van der Waals surface area contributed by atoms with E-state index in [1.165, 1.54) is 25.0 Å². The number of ether oxygens (including phenoxy) is 2. The fourth-order valence-electron chi connectivity index (χ4n) is 1.95. The van der Waals surface area contributed by atoms with Gasteiger partial charge in [0.05, 0.1) is 20.4 Å². The number of nitrogens with two attached hydrogens (primary N) is 1. The van der Waals surface area contributed by atoms with E-state index in [-0.39, 0.29) is 11.3 Å². The zero-order valence-electron chi connectivity index (χ0n) is 11.4. The van der Waals surface area contributed by atoms with E-state index in [1.54, 1.807) is 19.3 Å². The molecule has 0 radical (unpaired) electrons. The molecular weight excluding hydrogens is 262 g/mol. The van der Waals surface area contributed by atoms with Gasteiger partial charge < -0.3 is 20.3 Å². The Balaban J connectivity index is 2.69. The molecule has 106 valence electrons. The number of carboxylic acid groups (broad SMARTS) is 1. The normalized spacial score (nSPS) is 10.3. The van der Waals surface area contributed by atoms with Crippen molar-refractivity contribution in [3.05, 3.63) is 23.9 Å². The van der Waals surface area contributed by atoms with Gasteiger partial charge in [0.2, 0.25) is 0 Å². The van der Waals surface area contributed by atoms with Gasteiger partial charge >= 0.3 is 5.97 Å². The number of carboxylic acids is 1. The smallest absolute Gasteiger partial charge is 0.339 e. The molecule has 0 aliphatic carbocycles. The van der Waals surface area contributed by atoms with E-state index in [4.69, 9.17) is 15.2 Å². The zero-order valence-corrected chi connectivity index (χ0v) is 11.4. The lowest BCUT2D eigenvalue weighted by molar-refractivity contribution is 0.0692. The molecule has 0 atom stereocenters. The molecule has 7 nitrogen and oxygen atoms in total. The molecule has 0 aliphatic heterocycles. The quantitative estimate of drug-likeness (QED) is 0.876. The van der Waals surface area contributed by atoms with Crippen LogP contribution in [0.15, 0.2) is 18.3 Å². The first-order chi connectivity index (χ1) is 9.49. The molecule has 20 heavy (non-hydrogen) atoms. The van der Waals surface area contributed by atoms with E-state index in [2.05, 4.69) is 5.10 Å². The molecule has 2 aromatic rings. The van der Waals surface area contributed by atoms with Crippen LogP contribution < -0.4 is 15.2 Å². The standard InChI is InChI=1S/C13H15N3O4/c1-16-12(14)9(6-15-16)7-4-8(13(17)18)11(20-3)10(5-7)19-2/h4-6H,14H2,1-3H3,(H,17,18). The molecule has 0 bridgehead atoms. The molecule has 0 aliphatic rings. The SMILES string of the molecule is COc1cc(-c2cnn(C)c2N)cc(C(=O)O)c1OC. The van der Waals surface area contributed by atoms with Gasteiger partial charge in [-0.3, -0.25) is 4.68 Å². The molecule has 3 N–H and O–H groups in total. The zero-order chi connectivity index (χ0) is 14.9. The summed E-state index contributed by atoms with van der Waals surface area (Å²) < 4.78 is 11.8. The lowest BCUT2D eigenvalue weighted by atomic mass is 10.0. The van der Waals surface area contributed by atoms with Crippen LogP contribution in [-0.2, 0) is 7.05 Å². The van der Waals surface area contributed by atoms with Crippen molar-refractivity contribution in [1.29, 1.82) is 0 Å². The van der Waals surface area contributed by atoms with Crippen molar-refractivity contribution in [2.75, 3.05) is 20.0 Å². The van der Waals surface area contributed by atoms with Crippen LogP contribution in [0.5, 0.6) is 11.5 Å². The number of aromatic carboxylic acids is 1. The number of carbonyl (C=O) groups is 1. The fourth-order valence-corrected chi connectivity index (χ4v) is 1.95. The summed E-state index contributed by atoms with van der Waals surface area (Å²) in [5.41, 5.74) is 7.15. The highest BCUT2D eigenvalue weighted by atomic mass is 16.5. The minimum atomic E-state index is -1.11. The van der Waals surface area contributed by atoms with E-state index in [9.17, 15) is 9.90 Å². The summed E-state index contributed by atoms with van der Waals surface area (Å²) >= 11 is 0. The molecule has 0 saturated heterocycles. The second-order valence-corrected chi connectivity index (χ2v) is 4.13. The molecule has 0 unspecified atom stereocenters. The van der Waals surface area contributed by atoms with Crippen LogP contribution in [0, 0.1) is 0 Å². The number of aryl methyl sites for hydroxylation is 1. The molecule has 1 aromatic heterocycles. The number of anilines is 1. The maximum Gasteiger partial charge on any atom is 0.339 e. The van der Waals surface area contributed by atoms with Crippen molar-refractivity contribution in [3.63, 3.8) is 0 Å². The van der Waals surface area contributed by atoms with E-state index in [0.717, 1.165) is 0 Å². The lowest BCUT2D eigenvalue weighted by Gasteiger charge is -2.12. The highest BCUT2D eigenvalue weighted by molar-refractivity contribution is 5.94. The van der Waals surface area contributed by atoms with Crippen LogP contribution in [0.4, 0.5) is 5.82 Å². The van der Waals surface area contributed by atoms with Crippen LogP contribution in [0.25, 0.3) is 11.1 Å². The number of rotatable bonds is 4. The maximum absolute atomic E-state index is 11.3. The van der Waals surface area contributed by atoms with Gasteiger partial charge in [-0.25, -0.2) is 4.79 Å². The van der Waals surface area contributed by atoms with Gasteiger partial charge in [-0.05, 0) is 17.7 Å². The molecule has 0 amide bonds. The molecule has 0 saturated carbocycles. The highest BCUT2D eigenvalue weighted by Crippen LogP contribution is 2.37. The van der Waals surface area contributed by atoms with Gasteiger partial charge in [0.15, 0.2) is 11.5 Å². The predicted molar refractivity (Wildman–Crippen MR) is 73.1 cm³/mol. The van der Waals surface area contributed by atoms with Gasteiger partial charge in [0.25, 0.3) is 0 Å². The summed E-state index contributed by atoms with van der Waals surface area (Å²) in [5, 5.41) is 13.3. The first kappa shape index (κ1) is 13.7. The Hall–Kier alpha value is -2.70. The third-order valence-corrected chi connectivity index (χ3v) is 3.00. The summed E-state index contributed by atoms with van der Waals surface area (Å²) in [5.74, 6) is -0.171. The Morgan fingerprint density at radius 1 is 1.35 bits per heavy atom. The first-order valence-electron chi connectivity index (χ1n) is 5.76. The lowest BCUT2D eigenvalue weighted by Crippen LogP contribution is -2.04. The molecule has 7 heteroatoms. The van der Waals surface area contributed by atoms with Crippen LogP contribution in [0.1, 0.15) is 10.4 Å². The van der Waals surface area contributed by atoms with Crippen molar-refractivity contribution in [2.24, 2.45) is 7.05 Å². The Kier molecular flexibility index (Phi) is 3.51. The van der Waals surface area contributed by atoms with Crippen molar-refractivity contribution < 1.29 is 19.4 Å². The number of benzene rings is 1. The summed E-state index contributed by atoms with van der Waals surface area (Å²) in [7, 11) is 4.54. The fraction of sp³-hybridized carbons (Fsp3) is 0.231. The number of nitrogens with zero attached hydrogens (tertiary/aromatic N) is 2. The minimum Gasteiger partial charge on any atom is -0.493 e. The number of nitrogen functional groups attached to an aromatic ring is 1. The van der Waals surface area contributed by atoms with Crippen LogP contribution in [0.2, 0.25) is 0 Å². The third-order valence-electron chi connectivity index (χ3n) is 3.00. The molecule has 2 rings (SSSR count). The van der Waals surface area contributed by atoms with Crippen LogP contribution in [0.3, 0.4) is 0 Å². The van der Waals surface area contributed by atoms with E-state index in [0.29, 0.717) is 22.7 Å². The Labute approximate surface area is 115 Å². The van der Waals surface area contributed by atoms with Gasteiger partial charge in [0.1, 0.15) is 11.4 Å². The largest absolute Gasteiger partial charge is 0.493 e. The number of aromatic nitrogens is 2. The summed E-state index contributed by atoms with van der Waals surface area (Å²) in [6, 6.07) is 3.15. The van der Waals surface area contributed by atoms with E-state index in [1.807, 2.05) is 0 Å². The van der Waals surface area contributed by atoms with Crippen molar-refractivity contribution >= 4 is 11.8 Å². The van der Waals surface area contributed by atoms with Crippen LogP contribution >= 0.6 is 0 Å². The second-order valence-electron chi connectivity index (χ2n) is 4.13. The van der Waals surface area contributed by atoms with Crippen molar-refractivity contribution in [1.82, 2.24) is 9.78 Å². The second kappa shape index (κ2) is 5.12. The highest BCUT2D eigenvalue weighted by Gasteiger charge is 2.20. The Morgan fingerprint density at radius 2 is 2.05 bits per heavy atom.